The molecule has 1 aromatic rings. The van der Waals surface area contributed by atoms with Crippen LogP contribution in [0.15, 0.2) is 11.4 Å². The number of aliphatic hydroxyl groups is 1. The molecule has 6 heteroatoms. The van der Waals surface area contributed by atoms with Crippen LogP contribution in [0.5, 0.6) is 0 Å². The highest BCUT2D eigenvalue weighted by Gasteiger charge is 2.14. The molecule has 0 bridgehead atoms. The van der Waals surface area contributed by atoms with Crippen LogP contribution in [0.25, 0.3) is 0 Å². The largest absolute Gasteiger partial charge is 0.395 e. The predicted octanol–water partition coefficient (Wildman–Crippen LogP) is 0.0393. The molecule has 2 amide bonds. The first-order chi connectivity index (χ1) is 8.54. The lowest BCUT2D eigenvalue weighted by Gasteiger charge is -2.13. The third-order valence-corrected chi connectivity index (χ3v) is 2.88. The minimum atomic E-state index is -0.552. The molecule has 0 atom stereocenters. The van der Waals surface area contributed by atoms with Gasteiger partial charge >= 0.3 is 0 Å². The summed E-state index contributed by atoms with van der Waals surface area (Å²) in [6.45, 7) is -0.0916. The highest BCUT2D eigenvalue weighted by Crippen LogP contribution is 2.15. The van der Waals surface area contributed by atoms with Gasteiger partial charge in [0.15, 0.2) is 0 Å². The second kappa shape index (κ2) is 6.79. The third kappa shape index (κ3) is 4.20. The van der Waals surface area contributed by atoms with Gasteiger partial charge in [0, 0.05) is 18.8 Å². The zero-order valence-corrected chi connectivity index (χ0v) is 10.8. The number of thiophene rings is 1. The van der Waals surface area contributed by atoms with Gasteiger partial charge in [0.05, 0.1) is 23.6 Å². The van der Waals surface area contributed by atoms with Crippen molar-refractivity contribution in [3.8, 4) is 11.8 Å². The minimum Gasteiger partial charge on any atom is -0.395 e. The molecule has 3 N–H and O–H groups in total. The van der Waals surface area contributed by atoms with E-state index in [1.807, 2.05) is 0 Å². The molecule has 0 unspecified atom stereocenters. The summed E-state index contributed by atoms with van der Waals surface area (Å²) in [7, 11) is 1.52. The third-order valence-electron chi connectivity index (χ3n) is 2.03. The summed E-state index contributed by atoms with van der Waals surface area (Å²) in [6, 6.07) is 1.66. The normalized spacial score (nSPS) is 9.44. The van der Waals surface area contributed by atoms with Crippen molar-refractivity contribution in [3.05, 3.63) is 21.9 Å². The Hall–Kier alpha value is -1.84. The second-order valence-corrected chi connectivity index (χ2v) is 4.51. The average molecular weight is 266 g/mol. The molecule has 0 spiro atoms. The SMILES string of the molecule is CN(CC(N)=O)C(=O)c1csc(C#CCCO)c1. The number of aliphatic hydroxyl groups excluding tert-OH is 1. The lowest BCUT2D eigenvalue weighted by Crippen LogP contribution is -2.35. The molecule has 5 nitrogen and oxygen atoms in total. The van der Waals surface area contributed by atoms with Gasteiger partial charge in [0.1, 0.15) is 0 Å². The van der Waals surface area contributed by atoms with E-state index >= 15 is 0 Å². The van der Waals surface area contributed by atoms with Gasteiger partial charge in [-0.3, -0.25) is 9.59 Å². The Kier molecular flexibility index (Phi) is 5.36. The van der Waals surface area contributed by atoms with Gasteiger partial charge < -0.3 is 15.7 Å². The summed E-state index contributed by atoms with van der Waals surface area (Å²) in [5.41, 5.74) is 5.50. The Balaban J connectivity index is 2.71. The molecule has 0 aliphatic heterocycles. The summed E-state index contributed by atoms with van der Waals surface area (Å²) >= 11 is 1.35. The van der Waals surface area contributed by atoms with E-state index in [-0.39, 0.29) is 19.1 Å². The van der Waals surface area contributed by atoms with Crippen molar-refractivity contribution in [2.24, 2.45) is 5.73 Å². The quantitative estimate of drug-likeness (QED) is 0.755. The number of likely N-dealkylation sites (N-methyl/N-ethyl adjacent to an activating group) is 1. The van der Waals surface area contributed by atoms with Crippen LogP contribution in [0, 0.1) is 11.8 Å². The molecule has 1 aromatic heterocycles. The molecule has 0 saturated heterocycles. The van der Waals surface area contributed by atoms with Gasteiger partial charge in [-0.15, -0.1) is 11.3 Å². The maximum absolute atomic E-state index is 11.9. The fourth-order valence-electron chi connectivity index (χ4n) is 1.25. The molecule has 1 heterocycles. The van der Waals surface area contributed by atoms with E-state index in [9.17, 15) is 9.59 Å². The van der Waals surface area contributed by atoms with Crippen LogP contribution in [-0.2, 0) is 4.79 Å². The molecule has 0 saturated carbocycles. The van der Waals surface area contributed by atoms with Crippen LogP contribution in [0.2, 0.25) is 0 Å². The van der Waals surface area contributed by atoms with Crippen LogP contribution in [-0.4, -0.2) is 42.0 Å². The fourth-order valence-corrected chi connectivity index (χ4v) is 1.99. The van der Waals surface area contributed by atoms with Gasteiger partial charge in [-0.1, -0.05) is 11.8 Å². The predicted molar refractivity (Wildman–Crippen MR) is 69.1 cm³/mol. The number of amides is 2. The molecular weight excluding hydrogens is 252 g/mol. The van der Waals surface area contributed by atoms with Gasteiger partial charge in [0.2, 0.25) is 5.91 Å². The van der Waals surface area contributed by atoms with Crippen molar-refractivity contribution in [3.63, 3.8) is 0 Å². The number of rotatable bonds is 4. The zero-order valence-electron chi connectivity index (χ0n) is 9.97. The van der Waals surface area contributed by atoms with E-state index in [1.165, 1.54) is 23.3 Å². The zero-order chi connectivity index (χ0) is 13.5. The Morgan fingerprint density at radius 2 is 2.28 bits per heavy atom. The summed E-state index contributed by atoms with van der Waals surface area (Å²) in [4.78, 5) is 24.6. The molecule has 1 rings (SSSR count). The first-order valence-electron chi connectivity index (χ1n) is 5.26. The summed E-state index contributed by atoms with van der Waals surface area (Å²) in [5.74, 6) is 4.81. The van der Waals surface area contributed by atoms with Gasteiger partial charge in [-0.2, -0.15) is 0 Å². The monoisotopic (exact) mass is 266 g/mol. The highest BCUT2D eigenvalue weighted by atomic mass is 32.1. The number of nitrogens with zero attached hydrogens (tertiary/aromatic N) is 1. The Morgan fingerprint density at radius 1 is 1.56 bits per heavy atom. The Labute approximate surface area is 109 Å². The topological polar surface area (TPSA) is 83.6 Å². The Bertz CT molecular complexity index is 499. The minimum absolute atomic E-state index is 0.0194. The van der Waals surface area contributed by atoms with E-state index in [4.69, 9.17) is 10.8 Å². The molecule has 0 aromatic carbocycles. The highest BCUT2D eigenvalue weighted by molar-refractivity contribution is 7.10. The summed E-state index contributed by atoms with van der Waals surface area (Å²) in [5, 5.41) is 10.3. The molecular formula is C12H14N2O3S. The van der Waals surface area contributed by atoms with Crippen LogP contribution in [0.4, 0.5) is 0 Å². The number of hydrogen-bond acceptors (Lipinski definition) is 4. The number of carbonyl (C=O) groups is 2. The van der Waals surface area contributed by atoms with E-state index in [0.29, 0.717) is 12.0 Å². The van der Waals surface area contributed by atoms with E-state index in [2.05, 4.69) is 11.8 Å². The van der Waals surface area contributed by atoms with Crippen molar-refractivity contribution >= 4 is 23.2 Å². The van der Waals surface area contributed by atoms with E-state index in [0.717, 1.165) is 4.88 Å². The van der Waals surface area contributed by atoms with Crippen molar-refractivity contribution in [2.75, 3.05) is 20.2 Å². The van der Waals surface area contributed by atoms with Crippen molar-refractivity contribution in [1.29, 1.82) is 0 Å². The van der Waals surface area contributed by atoms with Crippen LogP contribution in [0.3, 0.4) is 0 Å². The average Bonchev–Trinajstić information content (AvgIpc) is 2.76. The van der Waals surface area contributed by atoms with Crippen molar-refractivity contribution < 1.29 is 14.7 Å². The van der Waals surface area contributed by atoms with Gasteiger partial charge in [-0.25, -0.2) is 0 Å². The number of primary amides is 1. The van der Waals surface area contributed by atoms with Crippen LogP contribution < -0.4 is 5.73 Å². The lowest BCUT2D eigenvalue weighted by molar-refractivity contribution is -0.118. The van der Waals surface area contributed by atoms with Crippen LogP contribution in [0.1, 0.15) is 21.7 Å². The fraction of sp³-hybridized carbons (Fsp3) is 0.333. The van der Waals surface area contributed by atoms with Gasteiger partial charge in [-0.05, 0) is 6.07 Å². The van der Waals surface area contributed by atoms with E-state index < -0.39 is 5.91 Å². The second-order valence-electron chi connectivity index (χ2n) is 3.60. The first-order valence-corrected chi connectivity index (χ1v) is 6.14. The molecule has 0 fully saturated rings. The molecule has 96 valence electrons. The summed E-state index contributed by atoms with van der Waals surface area (Å²) in [6.07, 6.45) is 0.406. The maximum Gasteiger partial charge on any atom is 0.254 e. The summed E-state index contributed by atoms with van der Waals surface area (Å²) < 4.78 is 0. The van der Waals surface area contributed by atoms with Crippen molar-refractivity contribution in [2.45, 2.75) is 6.42 Å². The van der Waals surface area contributed by atoms with Crippen LogP contribution >= 0.6 is 11.3 Å². The number of carbonyl (C=O) groups excluding carboxylic acids is 2. The number of nitrogens with two attached hydrogens (primary N) is 1. The maximum atomic E-state index is 11.9. The molecule has 0 aliphatic rings. The molecule has 0 radical (unpaired) electrons. The lowest BCUT2D eigenvalue weighted by atomic mass is 10.2. The van der Waals surface area contributed by atoms with Gasteiger partial charge in [0.25, 0.3) is 5.91 Å². The molecule has 18 heavy (non-hydrogen) atoms. The van der Waals surface area contributed by atoms with Crippen molar-refractivity contribution in [1.82, 2.24) is 4.90 Å². The number of hydrogen-bond donors (Lipinski definition) is 2. The smallest absolute Gasteiger partial charge is 0.254 e. The van der Waals surface area contributed by atoms with E-state index in [1.54, 1.807) is 11.4 Å². The Morgan fingerprint density at radius 3 is 2.89 bits per heavy atom. The first kappa shape index (κ1) is 14.2. The standard InChI is InChI=1S/C12H14N2O3S/c1-14(7-11(13)16)12(17)9-6-10(18-8-9)4-2-3-5-15/h6,8,15H,3,5,7H2,1H3,(H2,13,16). The molecule has 0 aliphatic carbocycles.